The molecule has 7 heteroatoms. The SMILES string of the molecule is CN=C(NCc1cccc(NC(C)=O)c1)N1CCC(C)C(n2ccnc2)C1. The van der Waals surface area contributed by atoms with E-state index in [2.05, 4.69) is 37.0 Å². The van der Waals surface area contributed by atoms with Gasteiger partial charge in [-0.1, -0.05) is 19.1 Å². The summed E-state index contributed by atoms with van der Waals surface area (Å²) < 4.78 is 2.20. The standard InChI is InChI=1S/C20H28N6O/c1-15-7-9-25(13-19(15)26-10-8-22-14-26)20(21-3)23-12-17-5-4-6-18(11-17)24-16(2)27/h4-6,8,10-11,14-15,19H,7,9,12-13H2,1-3H3,(H,21,23)(H,24,27). The third-order valence-electron chi connectivity index (χ3n) is 5.04. The van der Waals surface area contributed by atoms with E-state index in [-0.39, 0.29) is 5.91 Å². The van der Waals surface area contributed by atoms with Crippen LogP contribution in [0.1, 0.15) is 31.9 Å². The summed E-state index contributed by atoms with van der Waals surface area (Å²) in [6.07, 6.45) is 6.88. The molecule has 0 spiro atoms. The van der Waals surface area contributed by atoms with Crippen molar-refractivity contribution in [2.75, 3.05) is 25.5 Å². The molecule has 1 aliphatic heterocycles. The molecule has 2 unspecified atom stereocenters. The average Bonchev–Trinajstić information content (AvgIpc) is 3.17. The van der Waals surface area contributed by atoms with Crippen molar-refractivity contribution in [2.24, 2.45) is 10.9 Å². The number of piperidine rings is 1. The second-order valence-electron chi connectivity index (χ2n) is 7.07. The highest BCUT2D eigenvalue weighted by molar-refractivity contribution is 5.88. The van der Waals surface area contributed by atoms with Crippen LogP contribution in [0.25, 0.3) is 0 Å². The fraction of sp³-hybridized carbons (Fsp3) is 0.450. The number of carbonyl (C=O) groups is 1. The van der Waals surface area contributed by atoms with Gasteiger partial charge >= 0.3 is 0 Å². The van der Waals surface area contributed by atoms with E-state index in [1.54, 1.807) is 0 Å². The monoisotopic (exact) mass is 368 g/mol. The van der Waals surface area contributed by atoms with Gasteiger partial charge in [-0.25, -0.2) is 4.98 Å². The van der Waals surface area contributed by atoms with E-state index < -0.39 is 0 Å². The molecule has 0 bridgehead atoms. The number of likely N-dealkylation sites (tertiary alicyclic amines) is 1. The summed E-state index contributed by atoms with van der Waals surface area (Å²) in [6, 6.07) is 8.25. The highest BCUT2D eigenvalue weighted by Crippen LogP contribution is 2.27. The Morgan fingerprint density at radius 3 is 2.96 bits per heavy atom. The molecule has 1 fully saturated rings. The molecule has 1 aliphatic rings. The summed E-state index contributed by atoms with van der Waals surface area (Å²) in [4.78, 5) is 22.2. The quantitative estimate of drug-likeness (QED) is 0.642. The number of imidazole rings is 1. The van der Waals surface area contributed by atoms with Crippen LogP contribution in [0.15, 0.2) is 48.0 Å². The zero-order valence-electron chi connectivity index (χ0n) is 16.2. The van der Waals surface area contributed by atoms with Gasteiger partial charge in [0.05, 0.1) is 12.4 Å². The molecular weight excluding hydrogens is 340 g/mol. The normalized spacial score (nSPS) is 20.4. The van der Waals surface area contributed by atoms with E-state index in [9.17, 15) is 4.79 Å². The Morgan fingerprint density at radius 1 is 1.41 bits per heavy atom. The number of carbonyl (C=O) groups excluding carboxylic acids is 1. The Labute approximate surface area is 160 Å². The maximum Gasteiger partial charge on any atom is 0.221 e. The Hall–Kier alpha value is -2.83. The Bertz CT molecular complexity index is 786. The van der Waals surface area contributed by atoms with Crippen molar-refractivity contribution in [3.63, 3.8) is 0 Å². The van der Waals surface area contributed by atoms with E-state index in [0.717, 1.165) is 36.7 Å². The second-order valence-corrected chi connectivity index (χ2v) is 7.07. The topological polar surface area (TPSA) is 74.6 Å². The molecule has 0 aliphatic carbocycles. The third-order valence-corrected chi connectivity index (χ3v) is 5.04. The van der Waals surface area contributed by atoms with Gasteiger partial charge in [-0.05, 0) is 30.0 Å². The lowest BCUT2D eigenvalue weighted by Crippen LogP contribution is -2.48. The maximum absolute atomic E-state index is 11.2. The zero-order valence-corrected chi connectivity index (χ0v) is 16.2. The molecule has 2 atom stereocenters. The number of rotatable bonds is 4. The number of aliphatic imine (C=N–C) groups is 1. The number of guanidine groups is 1. The first-order chi connectivity index (χ1) is 13.1. The van der Waals surface area contributed by atoms with Gasteiger partial charge in [-0.2, -0.15) is 0 Å². The van der Waals surface area contributed by atoms with Gasteiger partial charge in [0.25, 0.3) is 0 Å². The van der Waals surface area contributed by atoms with E-state index >= 15 is 0 Å². The van der Waals surface area contributed by atoms with E-state index in [1.165, 1.54) is 6.92 Å². The summed E-state index contributed by atoms with van der Waals surface area (Å²) in [6.45, 7) is 6.36. The predicted octanol–water partition coefficient (Wildman–Crippen LogP) is 2.50. The molecule has 3 rings (SSSR count). The molecule has 7 nitrogen and oxygen atoms in total. The molecule has 144 valence electrons. The molecule has 0 radical (unpaired) electrons. The van der Waals surface area contributed by atoms with Gasteiger partial charge in [0.1, 0.15) is 0 Å². The van der Waals surface area contributed by atoms with Crippen molar-refractivity contribution < 1.29 is 4.79 Å². The summed E-state index contributed by atoms with van der Waals surface area (Å²) in [5, 5.41) is 6.28. The van der Waals surface area contributed by atoms with Gasteiger partial charge < -0.3 is 20.1 Å². The van der Waals surface area contributed by atoms with Crippen LogP contribution in [-0.4, -0.2) is 46.5 Å². The largest absolute Gasteiger partial charge is 0.352 e. The fourth-order valence-corrected chi connectivity index (χ4v) is 3.57. The lowest BCUT2D eigenvalue weighted by molar-refractivity contribution is -0.114. The highest BCUT2D eigenvalue weighted by Gasteiger charge is 2.28. The van der Waals surface area contributed by atoms with Crippen LogP contribution in [0.4, 0.5) is 5.69 Å². The fourth-order valence-electron chi connectivity index (χ4n) is 3.57. The number of benzene rings is 1. The van der Waals surface area contributed by atoms with Crippen LogP contribution in [-0.2, 0) is 11.3 Å². The van der Waals surface area contributed by atoms with Gasteiger partial charge in [-0.15, -0.1) is 0 Å². The number of nitrogens with one attached hydrogen (secondary N) is 2. The predicted molar refractivity (Wildman–Crippen MR) is 108 cm³/mol. The van der Waals surface area contributed by atoms with Crippen molar-refractivity contribution in [3.05, 3.63) is 48.5 Å². The smallest absolute Gasteiger partial charge is 0.221 e. The molecule has 2 heterocycles. The molecule has 0 saturated carbocycles. The van der Waals surface area contributed by atoms with Crippen LogP contribution in [0.3, 0.4) is 0 Å². The van der Waals surface area contributed by atoms with Crippen LogP contribution in [0.2, 0.25) is 0 Å². The zero-order chi connectivity index (χ0) is 19.2. The van der Waals surface area contributed by atoms with E-state index in [1.807, 2.05) is 50.0 Å². The molecule has 1 aromatic heterocycles. The molecule has 27 heavy (non-hydrogen) atoms. The number of nitrogens with zero attached hydrogens (tertiary/aromatic N) is 4. The van der Waals surface area contributed by atoms with Gasteiger partial charge in [-0.3, -0.25) is 9.79 Å². The first-order valence-corrected chi connectivity index (χ1v) is 9.36. The molecular formula is C20H28N6O. The molecule has 1 amide bonds. The Kier molecular flexibility index (Phi) is 6.11. The first-order valence-electron chi connectivity index (χ1n) is 9.36. The Morgan fingerprint density at radius 2 is 2.26 bits per heavy atom. The molecule has 1 saturated heterocycles. The summed E-state index contributed by atoms with van der Waals surface area (Å²) in [5.41, 5.74) is 1.91. The van der Waals surface area contributed by atoms with Crippen molar-refractivity contribution in [3.8, 4) is 0 Å². The van der Waals surface area contributed by atoms with Crippen molar-refractivity contribution in [1.29, 1.82) is 0 Å². The molecule has 2 aromatic rings. The van der Waals surface area contributed by atoms with Crippen LogP contribution >= 0.6 is 0 Å². The minimum atomic E-state index is -0.0658. The van der Waals surface area contributed by atoms with Crippen LogP contribution in [0, 0.1) is 5.92 Å². The number of amides is 1. The van der Waals surface area contributed by atoms with Crippen molar-refractivity contribution in [2.45, 2.75) is 32.9 Å². The molecule has 2 N–H and O–H groups in total. The van der Waals surface area contributed by atoms with Gasteiger partial charge in [0, 0.05) is 51.7 Å². The lowest BCUT2D eigenvalue weighted by atomic mass is 9.93. The van der Waals surface area contributed by atoms with E-state index in [0.29, 0.717) is 18.5 Å². The average molecular weight is 368 g/mol. The van der Waals surface area contributed by atoms with E-state index in [4.69, 9.17) is 0 Å². The lowest BCUT2D eigenvalue weighted by Gasteiger charge is -2.39. The van der Waals surface area contributed by atoms with Gasteiger partial charge in [0.2, 0.25) is 5.91 Å². The number of hydrogen-bond acceptors (Lipinski definition) is 3. The van der Waals surface area contributed by atoms with Crippen LogP contribution < -0.4 is 10.6 Å². The van der Waals surface area contributed by atoms with Gasteiger partial charge in [0.15, 0.2) is 5.96 Å². The third kappa shape index (κ3) is 4.87. The minimum absolute atomic E-state index is 0.0658. The highest BCUT2D eigenvalue weighted by atomic mass is 16.1. The number of aromatic nitrogens is 2. The van der Waals surface area contributed by atoms with Crippen molar-refractivity contribution >= 4 is 17.6 Å². The maximum atomic E-state index is 11.2. The number of hydrogen-bond donors (Lipinski definition) is 2. The Balaban J connectivity index is 1.63. The minimum Gasteiger partial charge on any atom is -0.352 e. The van der Waals surface area contributed by atoms with Crippen LogP contribution in [0.5, 0.6) is 0 Å². The second kappa shape index (κ2) is 8.70. The number of anilines is 1. The summed E-state index contributed by atoms with van der Waals surface area (Å²) in [7, 11) is 1.82. The van der Waals surface area contributed by atoms with Crippen molar-refractivity contribution in [1.82, 2.24) is 19.8 Å². The molecule has 1 aromatic carbocycles. The first kappa shape index (κ1) is 18.9. The summed E-state index contributed by atoms with van der Waals surface area (Å²) >= 11 is 0. The summed E-state index contributed by atoms with van der Waals surface area (Å²) in [5.74, 6) is 1.43.